The zero-order chi connectivity index (χ0) is 25.5. The minimum Gasteiger partial charge on any atom is -0.423 e. The van der Waals surface area contributed by atoms with Crippen LogP contribution in [-0.2, 0) is 18.6 Å². The Labute approximate surface area is 218 Å². The molecule has 186 valence electrons. The van der Waals surface area contributed by atoms with Crippen molar-refractivity contribution in [1.82, 2.24) is 0 Å². The van der Waals surface area contributed by atoms with Gasteiger partial charge in [0.15, 0.2) is 0 Å². The second kappa shape index (κ2) is 10.1. The predicted molar refractivity (Wildman–Crippen MR) is 146 cm³/mol. The molecule has 2 aromatic carbocycles. The van der Waals surface area contributed by atoms with Crippen molar-refractivity contribution in [2.45, 2.75) is 33.8 Å². The van der Waals surface area contributed by atoms with Gasteiger partial charge in [0.1, 0.15) is 0 Å². The maximum Gasteiger partial charge on any atom is 0.504 e. The lowest BCUT2D eigenvalue weighted by atomic mass is 9.72. The van der Waals surface area contributed by atoms with E-state index in [-0.39, 0.29) is 24.1 Å². The van der Waals surface area contributed by atoms with Crippen molar-refractivity contribution < 1.29 is 28.7 Å². The van der Waals surface area contributed by atoms with Gasteiger partial charge in [-0.1, -0.05) is 88.4 Å². The summed E-state index contributed by atoms with van der Waals surface area (Å²) in [5.74, 6) is 0. The summed E-state index contributed by atoms with van der Waals surface area (Å²) in [5, 5.41) is 19.8. The fraction of sp³-hybridized carbons (Fsp3) is 0.385. The summed E-state index contributed by atoms with van der Waals surface area (Å²) in [4.78, 5) is 0. The van der Waals surface area contributed by atoms with Crippen LogP contribution < -0.4 is 15.0 Å². The molecule has 0 bridgehead atoms. The van der Waals surface area contributed by atoms with Gasteiger partial charge >= 0.3 is 21.4 Å². The van der Waals surface area contributed by atoms with Crippen LogP contribution in [0.3, 0.4) is 0 Å². The zero-order valence-corrected chi connectivity index (χ0v) is 22.0. The Balaban J connectivity index is 1.45. The van der Waals surface area contributed by atoms with Crippen LogP contribution in [0.1, 0.15) is 39.4 Å². The average molecular weight is 504 g/mol. The first kappa shape index (κ1) is 25.7. The highest BCUT2D eigenvalue weighted by Gasteiger charge is 2.44. The SMILES string of the molecule is CC1(C)COB(c2ccc(B3OCC(C)(C)C(c4cc(B(O)O)ccc4-c4ccccc4)O3)s2)OC1. The van der Waals surface area contributed by atoms with Crippen LogP contribution in [0.5, 0.6) is 0 Å². The van der Waals surface area contributed by atoms with E-state index in [2.05, 4.69) is 39.8 Å². The molecule has 2 aliphatic rings. The zero-order valence-electron chi connectivity index (χ0n) is 21.1. The number of rotatable bonds is 5. The van der Waals surface area contributed by atoms with Gasteiger partial charge in [-0.25, -0.2) is 0 Å². The molecule has 6 nitrogen and oxygen atoms in total. The van der Waals surface area contributed by atoms with Gasteiger partial charge < -0.3 is 28.7 Å². The molecule has 10 heteroatoms. The minimum absolute atomic E-state index is 0.0120. The van der Waals surface area contributed by atoms with Crippen LogP contribution in [0.25, 0.3) is 11.1 Å². The first-order chi connectivity index (χ1) is 17.1. The fourth-order valence-corrected chi connectivity index (χ4v) is 5.67. The van der Waals surface area contributed by atoms with Gasteiger partial charge in [0.2, 0.25) is 0 Å². The highest BCUT2D eigenvalue weighted by atomic mass is 32.1. The largest absolute Gasteiger partial charge is 0.504 e. The topological polar surface area (TPSA) is 77.4 Å². The van der Waals surface area contributed by atoms with E-state index in [1.54, 1.807) is 17.4 Å². The normalized spacial score (nSPS) is 21.4. The van der Waals surface area contributed by atoms with Crippen LogP contribution in [-0.4, -0.2) is 51.2 Å². The second-order valence-corrected chi connectivity index (χ2v) is 12.2. The number of thiophene rings is 1. The van der Waals surface area contributed by atoms with E-state index < -0.39 is 14.2 Å². The van der Waals surface area contributed by atoms with Crippen molar-refractivity contribution in [3.63, 3.8) is 0 Å². The minimum atomic E-state index is -1.56. The lowest BCUT2D eigenvalue weighted by Crippen LogP contribution is -2.49. The van der Waals surface area contributed by atoms with Crippen LogP contribution in [0, 0.1) is 10.8 Å². The summed E-state index contributed by atoms with van der Waals surface area (Å²) in [6, 6.07) is 19.6. The number of benzene rings is 2. The van der Waals surface area contributed by atoms with Gasteiger partial charge in [-0.2, -0.15) is 11.3 Å². The molecule has 0 aliphatic carbocycles. The summed E-state index contributed by atoms with van der Waals surface area (Å²) in [7, 11) is -2.49. The molecule has 0 amide bonds. The summed E-state index contributed by atoms with van der Waals surface area (Å²) < 4.78 is 26.7. The molecule has 0 radical (unpaired) electrons. The van der Waals surface area contributed by atoms with E-state index >= 15 is 0 Å². The molecule has 2 fully saturated rings. The Morgan fingerprint density at radius 3 is 2.14 bits per heavy atom. The molecule has 1 unspecified atom stereocenters. The summed E-state index contributed by atoms with van der Waals surface area (Å²) in [6.07, 6.45) is -0.335. The van der Waals surface area contributed by atoms with Gasteiger partial charge in [-0.05, 0) is 22.2 Å². The molecule has 3 aromatic rings. The van der Waals surface area contributed by atoms with Crippen molar-refractivity contribution in [2.24, 2.45) is 10.8 Å². The molecule has 0 saturated carbocycles. The fourth-order valence-electron chi connectivity index (χ4n) is 4.67. The first-order valence-corrected chi connectivity index (χ1v) is 13.1. The molecular formula is C26H31B3O6S. The van der Waals surface area contributed by atoms with E-state index in [0.29, 0.717) is 25.3 Å². The Kier molecular flexibility index (Phi) is 7.22. The summed E-state index contributed by atoms with van der Waals surface area (Å²) in [5.41, 5.74) is 3.04. The lowest BCUT2D eigenvalue weighted by molar-refractivity contribution is -0.0346. The number of hydrogen-bond donors (Lipinski definition) is 2. The van der Waals surface area contributed by atoms with E-state index in [0.717, 1.165) is 26.2 Å². The lowest BCUT2D eigenvalue weighted by Gasteiger charge is -2.42. The van der Waals surface area contributed by atoms with Gasteiger partial charge in [0.25, 0.3) is 0 Å². The molecule has 3 heterocycles. The maximum absolute atomic E-state index is 9.90. The Bertz CT molecular complexity index is 1190. The molecule has 2 saturated heterocycles. The predicted octanol–water partition coefficient (Wildman–Crippen LogP) is 2.37. The molecule has 36 heavy (non-hydrogen) atoms. The third-order valence-corrected chi connectivity index (χ3v) is 7.81. The van der Waals surface area contributed by atoms with E-state index in [9.17, 15) is 10.0 Å². The van der Waals surface area contributed by atoms with Gasteiger partial charge in [-0.3, -0.25) is 0 Å². The molecule has 1 atom stereocenters. The number of hydrogen-bond acceptors (Lipinski definition) is 7. The Hall–Kier alpha value is -1.91. The quantitative estimate of drug-likeness (QED) is 0.521. The molecule has 2 N–H and O–H groups in total. The molecular weight excluding hydrogens is 473 g/mol. The standard InChI is InChI=1S/C26H31B3O6S/c1-25(2)15-32-28(33-16-25)22-12-13-23(36-22)29-34-17-26(3,4)24(35-29)21-14-19(27(30)31)10-11-20(21)18-8-6-5-7-9-18/h5-14,24,30-31H,15-17H2,1-4H3. The van der Waals surface area contributed by atoms with Gasteiger partial charge in [0, 0.05) is 40.2 Å². The molecule has 2 aliphatic heterocycles. The highest BCUT2D eigenvalue weighted by molar-refractivity contribution is 7.30. The maximum atomic E-state index is 9.90. The van der Waals surface area contributed by atoms with Crippen molar-refractivity contribution in [2.75, 3.05) is 19.8 Å². The van der Waals surface area contributed by atoms with Crippen molar-refractivity contribution in [3.8, 4) is 11.1 Å². The summed E-state index contributed by atoms with van der Waals surface area (Å²) in [6.45, 7) is 10.2. The van der Waals surface area contributed by atoms with Crippen molar-refractivity contribution >= 4 is 47.7 Å². The summed E-state index contributed by atoms with van der Waals surface area (Å²) >= 11 is 1.57. The highest BCUT2D eigenvalue weighted by Crippen LogP contribution is 2.44. The van der Waals surface area contributed by atoms with E-state index in [4.69, 9.17) is 18.6 Å². The Morgan fingerprint density at radius 1 is 0.833 bits per heavy atom. The van der Waals surface area contributed by atoms with Crippen LogP contribution >= 0.6 is 11.3 Å². The first-order valence-electron chi connectivity index (χ1n) is 12.3. The van der Waals surface area contributed by atoms with Crippen molar-refractivity contribution in [1.29, 1.82) is 0 Å². The molecule has 1 aromatic heterocycles. The van der Waals surface area contributed by atoms with Crippen LogP contribution in [0.4, 0.5) is 0 Å². The van der Waals surface area contributed by atoms with E-state index in [1.807, 2.05) is 42.5 Å². The average Bonchev–Trinajstić information content (AvgIpc) is 3.34. The van der Waals surface area contributed by atoms with Crippen LogP contribution in [0.2, 0.25) is 0 Å². The third kappa shape index (κ3) is 5.36. The third-order valence-electron chi connectivity index (χ3n) is 6.68. The Morgan fingerprint density at radius 2 is 1.47 bits per heavy atom. The molecule has 0 spiro atoms. The van der Waals surface area contributed by atoms with Crippen LogP contribution in [0.15, 0.2) is 60.7 Å². The molecule has 5 rings (SSSR count). The van der Waals surface area contributed by atoms with E-state index in [1.165, 1.54) is 0 Å². The van der Waals surface area contributed by atoms with Gasteiger partial charge in [-0.15, -0.1) is 0 Å². The van der Waals surface area contributed by atoms with Crippen molar-refractivity contribution in [3.05, 3.63) is 66.2 Å². The second-order valence-electron chi connectivity index (χ2n) is 11.1. The monoisotopic (exact) mass is 504 g/mol. The smallest absolute Gasteiger partial charge is 0.423 e. The van der Waals surface area contributed by atoms with Gasteiger partial charge in [0.05, 0.1) is 6.10 Å².